The van der Waals surface area contributed by atoms with Crippen molar-refractivity contribution in [3.8, 4) is 0 Å². The monoisotopic (exact) mass is 341 g/mol. The van der Waals surface area contributed by atoms with E-state index in [2.05, 4.69) is 30.6 Å². The fourth-order valence-corrected chi connectivity index (χ4v) is 7.52. The summed E-state index contributed by atoms with van der Waals surface area (Å²) >= 11 is 1.83. The van der Waals surface area contributed by atoms with Gasteiger partial charge in [0.15, 0.2) is 5.78 Å². The summed E-state index contributed by atoms with van der Waals surface area (Å²) in [6.45, 7) is 4.47. The predicted octanol–water partition coefficient (Wildman–Crippen LogP) is 4.80. The standard InChI is InChI=1S/C21H27NOS/c1-20(2)12-18-16(3-4-24-18)17(22-20)8-19(23)21-9-13-5-14(10-21)7-15(6-13)11-21/h3-4,8,13-15,22H,5-7,9-12H2,1-2H3/b17-8-. The van der Waals surface area contributed by atoms with E-state index in [4.69, 9.17) is 0 Å². The molecule has 2 nitrogen and oxygen atoms in total. The van der Waals surface area contributed by atoms with Gasteiger partial charge in [0.1, 0.15) is 0 Å². The molecule has 0 saturated heterocycles. The van der Waals surface area contributed by atoms with Crippen molar-refractivity contribution in [3.63, 3.8) is 0 Å². The van der Waals surface area contributed by atoms with E-state index in [0.717, 1.165) is 49.1 Å². The fourth-order valence-electron chi connectivity index (χ4n) is 6.41. The Morgan fingerprint density at radius 2 is 1.79 bits per heavy atom. The first-order chi connectivity index (χ1) is 11.4. The Labute approximate surface area is 148 Å². The Morgan fingerprint density at radius 3 is 2.42 bits per heavy atom. The minimum absolute atomic E-state index is 0.0266. The van der Waals surface area contributed by atoms with Crippen LogP contribution in [-0.4, -0.2) is 11.3 Å². The zero-order chi connectivity index (χ0) is 16.5. The van der Waals surface area contributed by atoms with Crippen molar-refractivity contribution >= 4 is 22.8 Å². The number of fused-ring (bicyclic) bond motifs is 1. The van der Waals surface area contributed by atoms with Crippen molar-refractivity contribution in [2.75, 3.05) is 0 Å². The number of carbonyl (C=O) groups excluding carboxylic acids is 1. The fraction of sp³-hybridized carbons (Fsp3) is 0.667. The van der Waals surface area contributed by atoms with Gasteiger partial charge in [-0.15, -0.1) is 11.3 Å². The van der Waals surface area contributed by atoms with E-state index in [1.54, 1.807) is 0 Å². The van der Waals surface area contributed by atoms with Gasteiger partial charge in [-0.05, 0) is 81.6 Å². The van der Waals surface area contributed by atoms with Crippen molar-refractivity contribution in [2.45, 2.75) is 64.3 Å². The highest BCUT2D eigenvalue weighted by Gasteiger charge is 2.54. The van der Waals surface area contributed by atoms with Crippen LogP contribution in [0, 0.1) is 23.2 Å². The summed E-state index contributed by atoms with van der Waals surface area (Å²) in [6.07, 6.45) is 10.7. The molecule has 0 radical (unpaired) electrons. The van der Waals surface area contributed by atoms with Gasteiger partial charge < -0.3 is 5.32 Å². The van der Waals surface area contributed by atoms with Crippen LogP contribution in [0.1, 0.15) is 62.8 Å². The first-order valence-corrected chi connectivity index (χ1v) is 10.4. The number of carbonyl (C=O) groups is 1. The number of allylic oxidation sites excluding steroid dienone is 1. The summed E-state index contributed by atoms with van der Waals surface area (Å²) in [7, 11) is 0. The summed E-state index contributed by atoms with van der Waals surface area (Å²) in [6, 6.07) is 2.18. The van der Waals surface area contributed by atoms with Crippen molar-refractivity contribution in [1.29, 1.82) is 0 Å². The van der Waals surface area contributed by atoms with E-state index in [1.165, 1.54) is 29.7 Å². The van der Waals surface area contributed by atoms with Gasteiger partial charge in [0, 0.05) is 39.6 Å². The predicted molar refractivity (Wildman–Crippen MR) is 98.8 cm³/mol. The zero-order valence-electron chi connectivity index (χ0n) is 14.7. The second-order valence-electron chi connectivity index (χ2n) is 9.56. The third kappa shape index (κ3) is 2.31. The molecule has 0 atom stereocenters. The molecule has 0 aromatic carbocycles. The highest BCUT2D eigenvalue weighted by Crippen LogP contribution is 2.60. The molecule has 0 unspecified atom stereocenters. The SMILES string of the molecule is CC1(C)Cc2sccc2/C(=C/C(=O)C23CC4CC(CC(C4)C2)C3)N1. The lowest BCUT2D eigenvalue weighted by atomic mass is 9.48. The maximum absolute atomic E-state index is 13.4. The van der Waals surface area contributed by atoms with Gasteiger partial charge in [0.2, 0.25) is 0 Å². The minimum atomic E-state index is -0.0266. The quantitative estimate of drug-likeness (QED) is 0.783. The van der Waals surface area contributed by atoms with Gasteiger partial charge in [-0.3, -0.25) is 4.79 Å². The van der Waals surface area contributed by atoms with Crippen molar-refractivity contribution < 1.29 is 4.79 Å². The largest absolute Gasteiger partial charge is 0.379 e. The van der Waals surface area contributed by atoms with Crippen LogP contribution in [0.2, 0.25) is 0 Å². The summed E-state index contributed by atoms with van der Waals surface area (Å²) in [4.78, 5) is 14.8. The summed E-state index contributed by atoms with van der Waals surface area (Å²) in [5, 5.41) is 5.81. The molecule has 1 aliphatic heterocycles. The van der Waals surface area contributed by atoms with Crippen LogP contribution in [-0.2, 0) is 11.2 Å². The third-order valence-electron chi connectivity index (χ3n) is 6.95. The lowest BCUT2D eigenvalue weighted by Gasteiger charge is -2.55. The van der Waals surface area contributed by atoms with E-state index < -0.39 is 0 Å². The number of ketones is 1. The first kappa shape index (κ1) is 15.2. The maximum Gasteiger partial charge on any atom is 0.163 e. The molecule has 5 aliphatic rings. The van der Waals surface area contributed by atoms with E-state index in [1.807, 2.05) is 17.4 Å². The Bertz CT molecular complexity index is 691. The zero-order valence-corrected chi connectivity index (χ0v) is 15.5. The molecule has 3 heteroatoms. The molecule has 1 N–H and O–H groups in total. The molecule has 4 aliphatic carbocycles. The Balaban J connectivity index is 1.49. The van der Waals surface area contributed by atoms with Gasteiger partial charge in [0.25, 0.3) is 0 Å². The van der Waals surface area contributed by atoms with Crippen molar-refractivity contribution in [2.24, 2.45) is 23.2 Å². The molecule has 4 saturated carbocycles. The van der Waals surface area contributed by atoms with Crippen LogP contribution >= 0.6 is 11.3 Å². The maximum atomic E-state index is 13.4. The summed E-state index contributed by atoms with van der Waals surface area (Å²) in [5.74, 6) is 2.89. The average molecular weight is 342 g/mol. The average Bonchev–Trinajstić information content (AvgIpc) is 2.92. The molecule has 1 aromatic rings. The Kier molecular flexibility index (Phi) is 3.14. The highest BCUT2D eigenvalue weighted by molar-refractivity contribution is 7.10. The Hall–Kier alpha value is -1.09. The van der Waals surface area contributed by atoms with Crippen LogP contribution in [0.4, 0.5) is 0 Å². The first-order valence-electron chi connectivity index (χ1n) is 9.54. The number of hydrogen-bond donors (Lipinski definition) is 1. The van der Waals surface area contributed by atoms with Crippen molar-refractivity contribution in [1.82, 2.24) is 5.32 Å². The third-order valence-corrected chi connectivity index (χ3v) is 7.87. The topological polar surface area (TPSA) is 29.1 Å². The second kappa shape index (κ2) is 4.97. The molecule has 4 bridgehead atoms. The molecular formula is C21H27NOS. The van der Waals surface area contributed by atoms with Gasteiger partial charge in [-0.2, -0.15) is 0 Å². The number of thiophene rings is 1. The van der Waals surface area contributed by atoms with E-state index in [-0.39, 0.29) is 11.0 Å². The Morgan fingerprint density at radius 1 is 1.17 bits per heavy atom. The number of rotatable bonds is 2. The van der Waals surface area contributed by atoms with E-state index in [9.17, 15) is 4.79 Å². The molecule has 0 spiro atoms. The lowest BCUT2D eigenvalue weighted by molar-refractivity contribution is -0.138. The smallest absolute Gasteiger partial charge is 0.163 e. The van der Waals surface area contributed by atoms with Gasteiger partial charge in [-0.25, -0.2) is 0 Å². The minimum Gasteiger partial charge on any atom is -0.379 e. The molecule has 6 rings (SSSR count). The van der Waals surface area contributed by atoms with E-state index in [0.29, 0.717) is 5.78 Å². The number of hydrogen-bond acceptors (Lipinski definition) is 3. The molecular weight excluding hydrogens is 314 g/mol. The number of nitrogens with one attached hydrogen (secondary N) is 1. The molecule has 128 valence electrons. The normalized spacial score (nSPS) is 40.4. The molecule has 24 heavy (non-hydrogen) atoms. The van der Waals surface area contributed by atoms with Crippen LogP contribution in [0.5, 0.6) is 0 Å². The van der Waals surface area contributed by atoms with Crippen LogP contribution < -0.4 is 5.32 Å². The van der Waals surface area contributed by atoms with E-state index >= 15 is 0 Å². The van der Waals surface area contributed by atoms with Gasteiger partial charge >= 0.3 is 0 Å². The summed E-state index contributed by atoms with van der Waals surface area (Å²) in [5.41, 5.74) is 2.34. The molecule has 2 heterocycles. The molecule has 1 aromatic heterocycles. The van der Waals surface area contributed by atoms with Gasteiger partial charge in [-0.1, -0.05) is 0 Å². The molecule has 0 amide bonds. The van der Waals surface area contributed by atoms with Crippen LogP contribution in [0.25, 0.3) is 5.70 Å². The lowest BCUT2D eigenvalue weighted by Crippen LogP contribution is -2.50. The van der Waals surface area contributed by atoms with Crippen LogP contribution in [0.15, 0.2) is 17.5 Å². The summed E-state index contributed by atoms with van der Waals surface area (Å²) < 4.78 is 0. The second-order valence-corrected chi connectivity index (χ2v) is 10.6. The van der Waals surface area contributed by atoms with Gasteiger partial charge in [0.05, 0.1) is 0 Å². The highest BCUT2D eigenvalue weighted by atomic mass is 32.1. The van der Waals surface area contributed by atoms with Crippen molar-refractivity contribution in [3.05, 3.63) is 28.0 Å². The van der Waals surface area contributed by atoms with Crippen LogP contribution in [0.3, 0.4) is 0 Å². The molecule has 4 fully saturated rings.